The van der Waals surface area contributed by atoms with Crippen molar-refractivity contribution in [1.82, 2.24) is 4.98 Å². The van der Waals surface area contributed by atoms with Gasteiger partial charge in [0.05, 0.1) is 0 Å². The van der Waals surface area contributed by atoms with Gasteiger partial charge < -0.3 is 0 Å². The Morgan fingerprint density at radius 2 is 2.33 bits per heavy atom. The maximum Gasteiger partial charge on any atom is 0.132 e. The summed E-state index contributed by atoms with van der Waals surface area (Å²) in [7, 11) is 0. The number of aromatic nitrogens is 1. The SMILES string of the molecule is Cc1cc2[c]ccc(F)c2cn1. The fourth-order valence-electron chi connectivity index (χ4n) is 1.16. The fraction of sp³-hybridized carbons (Fsp3) is 0.100. The third-order valence-corrected chi connectivity index (χ3v) is 1.77. The molecule has 0 saturated heterocycles. The zero-order valence-electron chi connectivity index (χ0n) is 6.63. The Morgan fingerprint density at radius 1 is 1.50 bits per heavy atom. The van der Waals surface area contributed by atoms with Crippen LogP contribution in [-0.4, -0.2) is 4.98 Å². The molecule has 0 saturated carbocycles. The third kappa shape index (κ3) is 1.05. The number of nitrogens with zero attached hydrogens (tertiary/aromatic N) is 1. The zero-order valence-corrected chi connectivity index (χ0v) is 6.63. The summed E-state index contributed by atoms with van der Waals surface area (Å²) in [4.78, 5) is 4.01. The molecule has 0 unspecified atom stereocenters. The van der Waals surface area contributed by atoms with E-state index in [1.54, 1.807) is 6.07 Å². The molecule has 2 rings (SSSR count). The van der Waals surface area contributed by atoms with Crippen molar-refractivity contribution in [2.24, 2.45) is 0 Å². The second kappa shape index (κ2) is 2.55. The van der Waals surface area contributed by atoms with E-state index in [-0.39, 0.29) is 5.82 Å². The molecule has 0 aliphatic heterocycles. The minimum atomic E-state index is -0.240. The van der Waals surface area contributed by atoms with Crippen molar-refractivity contribution in [1.29, 1.82) is 0 Å². The number of hydrogen-bond donors (Lipinski definition) is 0. The molecule has 2 aromatic rings. The predicted octanol–water partition coefficient (Wildman–Crippen LogP) is 2.48. The van der Waals surface area contributed by atoms with Gasteiger partial charge in [0.15, 0.2) is 0 Å². The molecule has 12 heavy (non-hydrogen) atoms. The maximum absolute atomic E-state index is 13.1. The summed E-state index contributed by atoms with van der Waals surface area (Å²) in [6.07, 6.45) is 1.54. The highest BCUT2D eigenvalue weighted by atomic mass is 19.1. The van der Waals surface area contributed by atoms with Crippen LogP contribution in [0, 0.1) is 18.8 Å². The molecule has 1 radical (unpaired) electrons. The molecule has 0 bridgehead atoms. The molecule has 1 aromatic carbocycles. The summed E-state index contributed by atoms with van der Waals surface area (Å²) >= 11 is 0. The lowest BCUT2D eigenvalue weighted by atomic mass is 10.1. The van der Waals surface area contributed by atoms with Gasteiger partial charge >= 0.3 is 0 Å². The van der Waals surface area contributed by atoms with Gasteiger partial charge in [-0.1, -0.05) is 6.07 Å². The average molecular weight is 160 g/mol. The molecule has 0 spiro atoms. The van der Waals surface area contributed by atoms with Gasteiger partial charge in [-0.25, -0.2) is 4.39 Å². The van der Waals surface area contributed by atoms with E-state index in [2.05, 4.69) is 11.1 Å². The van der Waals surface area contributed by atoms with E-state index in [1.165, 1.54) is 12.3 Å². The maximum atomic E-state index is 13.1. The number of fused-ring (bicyclic) bond motifs is 1. The van der Waals surface area contributed by atoms with Gasteiger partial charge in [0.1, 0.15) is 5.82 Å². The van der Waals surface area contributed by atoms with Crippen molar-refractivity contribution in [3.05, 3.63) is 42.0 Å². The van der Waals surface area contributed by atoms with Crippen LogP contribution in [0.4, 0.5) is 4.39 Å². The van der Waals surface area contributed by atoms with Crippen LogP contribution in [0.25, 0.3) is 10.8 Å². The Morgan fingerprint density at radius 3 is 3.17 bits per heavy atom. The van der Waals surface area contributed by atoms with E-state index >= 15 is 0 Å². The van der Waals surface area contributed by atoms with Crippen molar-refractivity contribution in [3.8, 4) is 0 Å². The monoisotopic (exact) mass is 160 g/mol. The Labute approximate surface area is 69.9 Å². The van der Waals surface area contributed by atoms with Crippen LogP contribution in [0.15, 0.2) is 24.4 Å². The van der Waals surface area contributed by atoms with Crippen molar-refractivity contribution in [3.63, 3.8) is 0 Å². The number of halogens is 1. The van der Waals surface area contributed by atoms with E-state index in [0.717, 1.165) is 11.1 Å². The summed E-state index contributed by atoms with van der Waals surface area (Å²) in [6.45, 7) is 1.87. The van der Waals surface area contributed by atoms with E-state index < -0.39 is 0 Å². The summed E-state index contributed by atoms with van der Waals surface area (Å²) < 4.78 is 13.1. The van der Waals surface area contributed by atoms with E-state index in [9.17, 15) is 4.39 Å². The number of aryl methyl sites for hydroxylation is 1. The summed E-state index contributed by atoms with van der Waals surface area (Å²) in [5.74, 6) is -0.240. The van der Waals surface area contributed by atoms with Gasteiger partial charge in [0.2, 0.25) is 0 Å². The van der Waals surface area contributed by atoms with Crippen molar-refractivity contribution in [2.45, 2.75) is 6.92 Å². The van der Waals surface area contributed by atoms with Crippen LogP contribution in [0.2, 0.25) is 0 Å². The molecule has 1 nitrogen and oxygen atoms in total. The Kier molecular flexibility index (Phi) is 1.54. The minimum absolute atomic E-state index is 0.240. The van der Waals surface area contributed by atoms with Gasteiger partial charge in [0.25, 0.3) is 0 Å². The topological polar surface area (TPSA) is 12.9 Å². The Bertz CT molecular complexity index is 423. The molecule has 1 aromatic heterocycles. The van der Waals surface area contributed by atoms with E-state index in [0.29, 0.717) is 5.39 Å². The molecule has 0 fully saturated rings. The summed E-state index contributed by atoms with van der Waals surface area (Å²) in [6, 6.07) is 7.74. The van der Waals surface area contributed by atoms with Crippen molar-refractivity contribution < 1.29 is 4.39 Å². The first-order valence-electron chi connectivity index (χ1n) is 3.70. The highest BCUT2D eigenvalue weighted by molar-refractivity contribution is 5.81. The van der Waals surface area contributed by atoms with E-state index in [1.807, 2.05) is 13.0 Å². The van der Waals surface area contributed by atoms with Gasteiger partial charge in [-0.2, -0.15) is 0 Å². The summed E-state index contributed by atoms with van der Waals surface area (Å²) in [5.41, 5.74) is 0.879. The first-order valence-corrected chi connectivity index (χ1v) is 3.70. The quantitative estimate of drug-likeness (QED) is 0.577. The molecule has 2 heteroatoms. The highest BCUT2D eigenvalue weighted by Crippen LogP contribution is 2.15. The van der Waals surface area contributed by atoms with Crippen LogP contribution in [-0.2, 0) is 0 Å². The van der Waals surface area contributed by atoms with Crippen LogP contribution in [0.3, 0.4) is 0 Å². The Hall–Kier alpha value is -1.44. The predicted molar refractivity (Wildman–Crippen MR) is 45.3 cm³/mol. The van der Waals surface area contributed by atoms with Crippen molar-refractivity contribution >= 4 is 10.8 Å². The first-order chi connectivity index (χ1) is 5.77. The van der Waals surface area contributed by atoms with Crippen LogP contribution in [0.5, 0.6) is 0 Å². The normalized spacial score (nSPS) is 10.5. The number of hydrogen-bond acceptors (Lipinski definition) is 1. The molecule has 0 N–H and O–H groups in total. The molecule has 59 valence electrons. The average Bonchev–Trinajstić information content (AvgIpc) is 2.04. The first kappa shape index (κ1) is 7.22. The van der Waals surface area contributed by atoms with Crippen LogP contribution in [0.1, 0.15) is 5.69 Å². The number of pyridine rings is 1. The third-order valence-electron chi connectivity index (χ3n) is 1.77. The standard InChI is InChI=1S/C10H7FN/c1-7-5-8-3-2-4-10(11)9(8)6-12-7/h2,4-6H,1H3. The highest BCUT2D eigenvalue weighted by Gasteiger charge is 1.99. The lowest BCUT2D eigenvalue weighted by molar-refractivity contribution is 0.639. The van der Waals surface area contributed by atoms with Crippen molar-refractivity contribution in [2.75, 3.05) is 0 Å². The molecule has 0 aliphatic carbocycles. The molecule has 0 atom stereocenters. The van der Waals surface area contributed by atoms with Crippen LogP contribution >= 0.6 is 0 Å². The number of benzene rings is 1. The molecular formula is C10H7FN. The van der Waals surface area contributed by atoms with Gasteiger partial charge in [-0.05, 0) is 30.5 Å². The smallest absolute Gasteiger partial charge is 0.132 e. The molecular weight excluding hydrogens is 153 g/mol. The molecule has 0 aliphatic rings. The largest absolute Gasteiger partial charge is 0.261 e. The molecule has 0 amide bonds. The second-order valence-corrected chi connectivity index (χ2v) is 2.70. The van der Waals surface area contributed by atoms with Gasteiger partial charge in [0, 0.05) is 17.3 Å². The molecule has 1 heterocycles. The zero-order chi connectivity index (χ0) is 8.55. The lowest BCUT2D eigenvalue weighted by Gasteiger charge is -1.98. The number of rotatable bonds is 0. The second-order valence-electron chi connectivity index (χ2n) is 2.70. The fourth-order valence-corrected chi connectivity index (χ4v) is 1.16. The van der Waals surface area contributed by atoms with Gasteiger partial charge in [-0.15, -0.1) is 0 Å². The summed E-state index contributed by atoms with van der Waals surface area (Å²) in [5, 5.41) is 1.31. The Balaban J connectivity index is 2.86. The van der Waals surface area contributed by atoms with E-state index in [4.69, 9.17) is 0 Å². The van der Waals surface area contributed by atoms with Crippen LogP contribution < -0.4 is 0 Å². The minimum Gasteiger partial charge on any atom is -0.261 e. The lowest BCUT2D eigenvalue weighted by Crippen LogP contribution is -1.84. The van der Waals surface area contributed by atoms with Gasteiger partial charge in [-0.3, -0.25) is 4.98 Å².